The minimum absolute atomic E-state index is 0.0108. The Kier molecular flexibility index (Phi) is 5.40. The van der Waals surface area contributed by atoms with Gasteiger partial charge in [0.15, 0.2) is 5.65 Å². The van der Waals surface area contributed by atoms with Crippen molar-refractivity contribution in [2.45, 2.75) is 45.2 Å². The van der Waals surface area contributed by atoms with Crippen LogP contribution in [0.3, 0.4) is 0 Å². The first-order valence-corrected chi connectivity index (χ1v) is 12.2. The van der Waals surface area contributed by atoms with Crippen LogP contribution in [0.15, 0.2) is 47.5 Å². The van der Waals surface area contributed by atoms with Crippen LogP contribution in [0.4, 0.5) is 10.2 Å². The molecule has 0 bridgehead atoms. The Hall–Kier alpha value is -4.34. The summed E-state index contributed by atoms with van der Waals surface area (Å²) >= 11 is 0. The van der Waals surface area contributed by atoms with Gasteiger partial charge in [-0.1, -0.05) is 6.07 Å². The summed E-state index contributed by atoms with van der Waals surface area (Å²) in [6.07, 6.45) is 4.09. The molecule has 2 N–H and O–H groups in total. The van der Waals surface area contributed by atoms with Crippen LogP contribution in [-0.2, 0) is 0 Å². The number of benzene rings is 2. The Morgan fingerprint density at radius 3 is 2.68 bits per heavy atom. The average molecular weight is 500 g/mol. The lowest BCUT2D eigenvalue weighted by atomic mass is 9.92. The van der Waals surface area contributed by atoms with E-state index < -0.39 is 11.9 Å². The highest BCUT2D eigenvalue weighted by Gasteiger charge is 2.30. The summed E-state index contributed by atoms with van der Waals surface area (Å²) in [5, 5.41) is 5.55. The Bertz CT molecular complexity index is 1740. The number of rotatable bonds is 5. The third-order valence-corrected chi connectivity index (χ3v) is 7.27. The minimum Gasteiger partial charge on any atom is -0.496 e. The van der Waals surface area contributed by atoms with Crippen molar-refractivity contribution in [3.05, 3.63) is 70.3 Å². The van der Waals surface area contributed by atoms with Gasteiger partial charge in [0.2, 0.25) is 0 Å². The summed E-state index contributed by atoms with van der Waals surface area (Å²) in [5.41, 5.74) is 9.20. The summed E-state index contributed by atoms with van der Waals surface area (Å²) in [7, 11) is 1.63. The lowest BCUT2D eigenvalue weighted by Gasteiger charge is -2.31. The van der Waals surface area contributed by atoms with E-state index in [2.05, 4.69) is 9.97 Å². The van der Waals surface area contributed by atoms with Crippen LogP contribution in [0, 0.1) is 12.7 Å². The molecule has 1 atom stereocenters. The van der Waals surface area contributed by atoms with E-state index in [1.54, 1.807) is 28.5 Å². The van der Waals surface area contributed by atoms with Gasteiger partial charge < -0.3 is 10.5 Å². The fourth-order valence-electron chi connectivity index (χ4n) is 5.11. The molecule has 3 heterocycles. The third kappa shape index (κ3) is 3.54. The first-order chi connectivity index (χ1) is 17.9. The Morgan fingerprint density at radius 2 is 1.97 bits per heavy atom. The van der Waals surface area contributed by atoms with Gasteiger partial charge in [0.05, 0.1) is 18.0 Å². The summed E-state index contributed by atoms with van der Waals surface area (Å²) in [4.78, 5) is 27.1. The smallest absolute Gasteiger partial charge is 0.264 e. The van der Waals surface area contributed by atoms with E-state index in [0.29, 0.717) is 33.9 Å². The molecule has 1 aliphatic rings. The molecular weight excluding hydrogens is 473 g/mol. The van der Waals surface area contributed by atoms with E-state index in [1.807, 2.05) is 32.0 Å². The number of methoxy groups -OCH3 is 1. The van der Waals surface area contributed by atoms with Crippen molar-refractivity contribution in [3.63, 3.8) is 0 Å². The van der Waals surface area contributed by atoms with Crippen LogP contribution in [-0.4, -0.2) is 36.4 Å². The highest BCUT2D eigenvalue weighted by Crippen LogP contribution is 2.37. The second kappa shape index (κ2) is 8.65. The zero-order valence-electron chi connectivity index (χ0n) is 20.8. The largest absolute Gasteiger partial charge is 0.496 e. The lowest BCUT2D eigenvalue weighted by Crippen LogP contribution is -2.35. The molecule has 5 aromatic rings. The molecule has 6 rings (SSSR count). The molecular formula is C27H26FN7O2. The fraction of sp³-hybridized carbons (Fsp3) is 0.296. The number of ether oxygens (including phenoxy) is 1. The molecule has 10 heteroatoms. The summed E-state index contributed by atoms with van der Waals surface area (Å²) in [5.74, 6) is 1.01. The van der Waals surface area contributed by atoms with Crippen LogP contribution in [0.2, 0.25) is 0 Å². The van der Waals surface area contributed by atoms with E-state index in [9.17, 15) is 9.18 Å². The van der Waals surface area contributed by atoms with Gasteiger partial charge in [-0.25, -0.2) is 24.0 Å². The molecule has 3 aromatic heterocycles. The van der Waals surface area contributed by atoms with E-state index in [-0.39, 0.29) is 17.0 Å². The van der Waals surface area contributed by atoms with Crippen molar-refractivity contribution < 1.29 is 9.13 Å². The number of hydrogen-bond acceptors (Lipinski definition) is 7. The monoisotopic (exact) mass is 499 g/mol. The molecule has 1 unspecified atom stereocenters. The van der Waals surface area contributed by atoms with Crippen LogP contribution in [0.5, 0.6) is 5.75 Å². The first kappa shape index (κ1) is 23.1. The molecule has 0 radical (unpaired) electrons. The van der Waals surface area contributed by atoms with E-state index >= 15 is 0 Å². The number of aryl methyl sites for hydroxylation is 1. The van der Waals surface area contributed by atoms with Gasteiger partial charge in [-0.15, -0.1) is 0 Å². The van der Waals surface area contributed by atoms with Crippen molar-refractivity contribution in [2.24, 2.45) is 0 Å². The maximum absolute atomic E-state index is 14.7. The predicted molar refractivity (Wildman–Crippen MR) is 139 cm³/mol. The normalized spacial score (nSPS) is 14.7. The number of halogens is 1. The minimum atomic E-state index is -0.565. The molecule has 2 aromatic carbocycles. The topological polar surface area (TPSA) is 114 Å². The average Bonchev–Trinajstić information content (AvgIpc) is 3.25. The van der Waals surface area contributed by atoms with Crippen molar-refractivity contribution in [3.8, 4) is 17.0 Å². The highest BCUT2D eigenvalue weighted by atomic mass is 19.1. The zero-order valence-corrected chi connectivity index (χ0v) is 20.8. The van der Waals surface area contributed by atoms with Crippen molar-refractivity contribution in [1.29, 1.82) is 0 Å². The number of fused-ring (bicyclic) bond motifs is 2. The molecule has 37 heavy (non-hydrogen) atoms. The molecule has 9 nitrogen and oxygen atoms in total. The number of aromatic nitrogens is 6. The van der Waals surface area contributed by atoms with Gasteiger partial charge in [-0.3, -0.25) is 9.36 Å². The van der Waals surface area contributed by atoms with E-state index in [4.69, 9.17) is 20.6 Å². The van der Waals surface area contributed by atoms with Gasteiger partial charge in [0.1, 0.15) is 46.7 Å². The van der Waals surface area contributed by atoms with Crippen LogP contribution in [0.1, 0.15) is 49.7 Å². The standard InChI is InChI=1S/C27H26FN7O2/c1-14-12-16(10-11-20(14)37-3)23-22-24(29)30-13-31-26(22)35(33-23)15(2)25-32-19-9-5-8-18(28)21(19)27(36)34(25)17-6-4-7-17/h5,8-13,15,17H,4,6-7H2,1-3H3,(H2,29,30,31). The highest BCUT2D eigenvalue weighted by molar-refractivity contribution is 5.98. The second-order valence-corrected chi connectivity index (χ2v) is 9.47. The quantitative estimate of drug-likeness (QED) is 0.377. The Morgan fingerprint density at radius 1 is 1.16 bits per heavy atom. The Labute approximate surface area is 211 Å². The molecule has 188 valence electrons. The van der Waals surface area contributed by atoms with Crippen LogP contribution < -0.4 is 16.0 Å². The predicted octanol–water partition coefficient (Wildman–Crippen LogP) is 4.58. The van der Waals surface area contributed by atoms with Crippen LogP contribution in [0.25, 0.3) is 33.2 Å². The number of nitrogens with zero attached hydrogens (tertiary/aromatic N) is 6. The van der Waals surface area contributed by atoms with E-state index in [1.165, 1.54) is 12.4 Å². The number of hydrogen-bond donors (Lipinski definition) is 1. The summed E-state index contributed by atoms with van der Waals surface area (Å²) in [6.45, 7) is 3.87. The maximum Gasteiger partial charge on any atom is 0.264 e. The van der Waals surface area contributed by atoms with Gasteiger partial charge in [0.25, 0.3) is 5.56 Å². The first-order valence-electron chi connectivity index (χ1n) is 12.2. The molecule has 1 fully saturated rings. The molecule has 1 saturated carbocycles. The van der Waals surface area contributed by atoms with Gasteiger partial charge >= 0.3 is 0 Å². The van der Waals surface area contributed by atoms with Crippen molar-refractivity contribution in [1.82, 2.24) is 29.3 Å². The molecule has 0 aliphatic heterocycles. The SMILES string of the molecule is COc1ccc(-c2nn(C(C)c3nc4cccc(F)c4c(=O)n3C3CCC3)c3ncnc(N)c23)cc1C. The molecule has 0 amide bonds. The van der Waals surface area contributed by atoms with Gasteiger partial charge in [-0.05, 0) is 69.0 Å². The van der Waals surface area contributed by atoms with Crippen LogP contribution >= 0.6 is 0 Å². The number of nitrogen functional groups attached to an aromatic ring is 1. The van der Waals surface area contributed by atoms with Gasteiger partial charge in [0, 0.05) is 11.6 Å². The van der Waals surface area contributed by atoms with Crippen molar-refractivity contribution >= 4 is 27.8 Å². The maximum atomic E-state index is 14.7. The zero-order chi connectivity index (χ0) is 25.8. The molecule has 0 saturated heterocycles. The summed E-state index contributed by atoms with van der Waals surface area (Å²) in [6, 6.07) is 9.76. The summed E-state index contributed by atoms with van der Waals surface area (Å²) < 4.78 is 23.5. The van der Waals surface area contributed by atoms with Crippen molar-refractivity contribution in [2.75, 3.05) is 12.8 Å². The molecule has 0 spiro atoms. The fourth-order valence-corrected chi connectivity index (χ4v) is 5.11. The van der Waals surface area contributed by atoms with Gasteiger partial charge in [-0.2, -0.15) is 5.10 Å². The second-order valence-electron chi connectivity index (χ2n) is 9.47. The number of anilines is 1. The number of nitrogens with two attached hydrogens (primary N) is 1. The Balaban J connectivity index is 1.59. The lowest BCUT2D eigenvalue weighted by molar-refractivity contribution is 0.288. The van der Waals surface area contributed by atoms with E-state index in [0.717, 1.165) is 36.1 Å². The third-order valence-electron chi connectivity index (χ3n) is 7.27. The molecule has 1 aliphatic carbocycles.